The normalized spacial score (nSPS) is 31.9. The Labute approximate surface area is 123 Å². The number of likely N-dealkylation sites (tertiary alicyclic amines) is 1. The van der Waals surface area contributed by atoms with Crippen molar-refractivity contribution in [1.82, 2.24) is 10.2 Å². The molecule has 0 aromatic carbocycles. The van der Waals surface area contributed by atoms with Gasteiger partial charge in [-0.2, -0.15) is 0 Å². The molecule has 3 fully saturated rings. The van der Waals surface area contributed by atoms with Gasteiger partial charge in [0.1, 0.15) is 0 Å². The standard InChI is InChI=1S/C17H30N2O/c20-17(9-8-14-10-11-18-13-14)19-12-4-7-16(19)15-5-2-1-3-6-15/h14-16,18H,1-13H2. The Hall–Kier alpha value is -0.570. The molecular weight excluding hydrogens is 248 g/mol. The molecule has 20 heavy (non-hydrogen) atoms. The number of amides is 1. The summed E-state index contributed by atoms with van der Waals surface area (Å²) in [6, 6.07) is 0.588. The van der Waals surface area contributed by atoms with Crippen LogP contribution < -0.4 is 5.32 Å². The van der Waals surface area contributed by atoms with E-state index in [2.05, 4.69) is 10.2 Å². The Morgan fingerprint density at radius 2 is 1.90 bits per heavy atom. The Balaban J connectivity index is 1.49. The molecular formula is C17H30N2O. The van der Waals surface area contributed by atoms with E-state index in [0.717, 1.165) is 44.3 Å². The Morgan fingerprint density at radius 1 is 1.05 bits per heavy atom. The minimum absolute atomic E-state index is 0.449. The monoisotopic (exact) mass is 278 g/mol. The maximum Gasteiger partial charge on any atom is 0.222 e. The Bertz CT molecular complexity index is 319. The summed E-state index contributed by atoms with van der Waals surface area (Å²) >= 11 is 0. The highest BCUT2D eigenvalue weighted by Crippen LogP contribution is 2.34. The van der Waals surface area contributed by atoms with E-state index in [1.807, 2.05) is 0 Å². The first-order valence-corrected chi connectivity index (χ1v) is 8.85. The van der Waals surface area contributed by atoms with Crippen molar-refractivity contribution in [2.45, 2.75) is 70.3 Å². The van der Waals surface area contributed by atoms with Crippen LogP contribution in [0.1, 0.15) is 64.2 Å². The highest BCUT2D eigenvalue weighted by Gasteiger charge is 2.34. The molecule has 3 aliphatic rings. The van der Waals surface area contributed by atoms with Crippen LogP contribution in [0.15, 0.2) is 0 Å². The average Bonchev–Trinajstić information content (AvgIpc) is 3.17. The van der Waals surface area contributed by atoms with Crippen LogP contribution in [-0.2, 0) is 4.79 Å². The average molecular weight is 278 g/mol. The maximum atomic E-state index is 12.6. The highest BCUT2D eigenvalue weighted by molar-refractivity contribution is 5.76. The van der Waals surface area contributed by atoms with Gasteiger partial charge in [0.15, 0.2) is 0 Å². The summed E-state index contributed by atoms with van der Waals surface area (Å²) in [4.78, 5) is 14.8. The lowest BCUT2D eigenvalue weighted by atomic mass is 9.83. The van der Waals surface area contributed by atoms with Gasteiger partial charge >= 0.3 is 0 Å². The molecule has 1 aliphatic carbocycles. The zero-order valence-corrected chi connectivity index (χ0v) is 12.8. The van der Waals surface area contributed by atoms with Crippen molar-refractivity contribution in [2.75, 3.05) is 19.6 Å². The summed E-state index contributed by atoms with van der Waals surface area (Å²) in [5.74, 6) is 2.00. The number of hydrogen-bond acceptors (Lipinski definition) is 2. The molecule has 2 atom stereocenters. The Kier molecular flexibility index (Phi) is 4.98. The van der Waals surface area contributed by atoms with Crippen LogP contribution in [-0.4, -0.2) is 36.5 Å². The van der Waals surface area contributed by atoms with Crippen molar-refractivity contribution in [2.24, 2.45) is 11.8 Å². The molecule has 2 aliphatic heterocycles. The fraction of sp³-hybridized carbons (Fsp3) is 0.941. The van der Waals surface area contributed by atoms with Crippen LogP contribution in [0, 0.1) is 11.8 Å². The van der Waals surface area contributed by atoms with Crippen molar-refractivity contribution < 1.29 is 4.79 Å². The second-order valence-corrected chi connectivity index (χ2v) is 7.09. The summed E-state index contributed by atoms with van der Waals surface area (Å²) in [6.45, 7) is 3.30. The van der Waals surface area contributed by atoms with Crippen molar-refractivity contribution >= 4 is 5.91 Å². The lowest BCUT2D eigenvalue weighted by Gasteiger charge is -2.34. The van der Waals surface area contributed by atoms with Crippen LogP contribution in [0.4, 0.5) is 0 Å². The molecule has 3 nitrogen and oxygen atoms in total. The number of rotatable bonds is 4. The summed E-state index contributed by atoms with van der Waals surface area (Å²) in [6.07, 6.45) is 12.6. The molecule has 0 radical (unpaired) electrons. The van der Waals surface area contributed by atoms with E-state index in [1.54, 1.807) is 0 Å². The van der Waals surface area contributed by atoms with Crippen molar-refractivity contribution in [3.05, 3.63) is 0 Å². The van der Waals surface area contributed by atoms with E-state index in [1.165, 1.54) is 51.4 Å². The SMILES string of the molecule is O=C(CCC1CCNC1)N1CCCC1C1CCCCC1. The molecule has 2 heterocycles. The van der Waals surface area contributed by atoms with Crippen molar-refractivity contribution in [1.29, 1.82) is 0 Å². The van der Waals surface area contributed by atoms with Gasteiger partial charge in [-0.05, 0) is 63.5 Å². The minimum atomic E-state index is 0.449. The van der Waals surface area contributed by atoms with Gasteiger partial charge in [0, 0.05) is 19.0 Å². The second-order valence-electron chi connectivity index (χ2n) is 7.09. The predicted octanol–water partition coefficient (Wildman–Crippen LogP) is 2.95. The molecule has 114 valence electrons. The summed E-state index contributed by atoms with van der Waals surface area (Å²) < 4.78 is 0. The fourth-order valence-electron chi connectivity index (χ4n) is 4.54. The van der Waals surface area contributed by atoms with E-state index in [9.17, 15) is 4.79 Å². The predicted molar refractivity (Wildman–Crippen MR) is 81.5 cm³/mol. The van der Waals surface area contributed by atoms with Gasteiger partial charge in [0.2, 0.25) is 5.91 Å². The molecule has 3 heteroatoms. The topological polar surface area (TPSA) is 32.3 Å². The van der Waals surface area contributed by atoms with E-state index in [0.29, 0.717) is 11.9 Å². The largest absolute Gasteiger partial charge is 0.339 e. The van der Waals surface area contributed by atoms with Crippen LogP contribution in [0.5, 0.6) is 0 Å². The first kappa shape index (κ1) is 14.4. The lowest BCUT2D eigenvalue weighted by Crippen LogP contribution is -2.40. The number of hydrogen-bond donors (Lipinski definition) is 1. The molecule has 1 saturated carbocycles. The maximum absolute atomic E-state index is 12.6. The van der Waals surface area contributed by atoms with Crippen LogP contribution in [0.3, 0.4) is 0 Å². The minimum Gasteiger partial charge on any atom is -0.339 e. The van der Waals surface area contributed by atoms with Crippen LogP contribution in [0.2, 0.25) is 0 Å². The van der Waals surface area contributed by atoms with Gasteiger partial charge in [-0.3, -0.25) is 4.79 Å². The number of nitrogens with zero attached hydrogens (tertiary/aromatic N) is 1. The van der Waals surface area contributed by atoms with Crippen molar-refractivity contribution in [3.63, 3.8) is 0 Å². The number of nitrogens with one attached hydrogen (secondary N) is 1. The smallest absolute Gasteiger partial charge is 0.222 e. The first-order chi connectivity index (χ1) is 9.84. The molecule has 1 N–H and O–H groups in total. The van der Waals surface area contributed by atoms with E-state index < -0.39 is 0 Å². The summed E-state index contributed by atoms with van der Waals surface area (Å²) in [5.41, 5.74) is 0. The third-order valence-corrected chi connectivity index (χ3v) is 5.74. The zero-order valence-electron chi connectivity index (χ0n) is 12.8. The molecule has 2 saturated heterocycles. The van der Waals surface area contributed by atoms with Gasteiger partial charge in [-0.15, -0.1) is 0 Å². The zero-order chi connectivity index (χ0) is 13.8. The van der Waals surface area contributed by atoms with Crippen LogP contribution in [0.25, 0.3) is 0 Å². The summed E-state index contributed by atoms with van der Waals surface area (Å²) in [5, 5.41) is 3.40. The summed E-state index contributed by atoms with van der Waals surface area (Å²) in [7, 11) is 0. The van der Waals surface area contributed by atoms with Gasteiger partial charge < -0.3 is 10.2 Å². The second kappa shape index (κ2) is 6.93. The van der Waals surface area contributed by atoms with Crippen molar-refractivity contribution in [3.8, 4) is 0 Å². The third-order valence-electron chi connectivity index (χ3n) is 5.74. The molecule has 0 bridgehead atoms. The van der Waals surface area contributed by atoms with Gasteiger partial charge in [-0.1, -0.05) is 19.3 Å². The molecule has 0 aromatic rings. The Morgan fingerprint density at radius 3 is 2.65 bits per heavy atom. The molecule has 1 amide bonds. The van der Waals surface area contributed by atoms with Crippen LogP contribution >= 0.6 is 0 Å². The fourth-order valence-corrected chi connectivity index (χ4v) is 4.54. The van der Waals surface area contributed by atoms with E-state index in [-0.39, 0.29) is 0 Å². The van der Waals surface area contributed by atoms with Gasteiger partial charge in [0.05, 0.1) is 0 Å². The van der Waals surface area contributed by atoms with E-state index >= 15 is 0 Å². The quantitative estimate of drug-likeness (QED) is 0.857. The molecule has 0 aromatic heterocycles. The van der Waals surface area contributed by atoms with Gasteiger partial charge in [0.25, 0.3) is 0 Å². The first-order valence-electron chi connectivity index (χ1n) is 8.85. The third kappa shape index (κ3) is 3.36. The lowest BCUT2D eigenvalue weighted by molar-refractivity contribution is -0.133. The molecule has 3 rings (SSSR count). The van der Waals surface area contributed by atoms with E-state index in [4.69, 9.17) is 0 Å². The van der Waals surface area contributed by atoms with Gasteiger partial charge in [-0.25, -0.2) is 0 Å². The molecule has 2 unspecified atom stereocenters. The highest BCUT2D eigenvalue weighted by atomic mass is 16.2. The molecule has 0 spiro atoms. The number of carbonyl (C=O) groups excluding carboxylic acids is 1. The number of carbonyl (C=O) groups is 1.